The largest absolute Gasteiger partial charge is 0.279 e. The van der Waals surface area contributed by atoms with Crippen molar-refractivity contribution < 1.29 is 8.42 Å². The average molecular weight is 255 g/mol. The van der Waals surface area contributed by atoms with Crippen LogP contribution in [0.4, 0.5) is 5.69 Å². The molecular formula is C7H8Cl2N2O2S. The molecule has 0 radical (unpaired) electrons. The van der Waals surface area contributed by atoms with E-state index in [2.05, 4.69) is 9.71 Å². The number of hydrogen-bond acceptors (Lipinski definition) is 3. The zero-order valence-corrected chi connectivity index (χ0v) is 9.62. The molecule has 0 aliphatic rings. The second-order valence-electron chi connectivity index (χ2n) is 2.62. The molecule has 1 aromatic heterocycles. The third kappa shape index (κ3) is 2.73. The molecule has 4 nitrogen and oxygen atoms in total. The Kier molecular flexibility index (Phi) is 3.58. The average Bonchev–Trinajstić information content (AvgIpc) is 2.12. The molecule has 14 heavy (non-hydrogen) atoms. The van der Waals surface area contributed by atoms with Crippen LogP contribution in [0.15, 0.2) is 12.3 Å². The van der Waals surface area contributed by atoms with E-state index < -0.39 is 15.2 Å². The Bertz CT molecular complexity index is 413. The molecule has 1 aromatic rings. The minimum Gasteiger partial charge on any atom is -0.279 e. The Balaban J connectivity index is 3.09. The molecule has 0 unspecified atom stereocenters. The Morgan fingerprint density at radius 1 is 1.57 bits per heavy atom. The van der Waals surface area contributed by atoms with Gasteiger partial charge in [-0.3, -0.25) is 4.72 Å². The molecule has 7 heteroatoms. The van der Waals surface area contributed by atoms with Gasteiger partial charge < -0.3 is 0 Å². The molecule has 0 saturated heterocycles. The van der Waals surface area contributed by atoms with Gasteiger partial charge in [0.15, 0.2) is 5.15 Å². The van der Waals surface area contributed by atoms with E-state index in [1.54, 1.807) is 13.0 Å². The van der Waals surface area contributed by atoms with Crippen LogP contribution in [0.25, 0.3) is 0 Å². The van der Waals surface area contributed by atoms with E-state index in [-0.39, 0.29) is 10.8 Å². The first-order chi connectivity index (χ1) is 6.46. The van der Waals surface area contributed by atoms with E-state index in [0.717, 1.165) is 0 Å². The van der Waals surface area contributed by atoms with Crippen molar-refractivity contribution in [3.63, 3.8) is 0 Å². The minimum absolute atomic E-state index is 0.110. The van der Waals surface area contributed by atoms with E-state index in [0.29, 0.717) is 5.56 Å². The summed E-state index contributed by atoms with van der Waals surface area (Å²) in [7, 11) is -3.53. The molecule has 0 amide bonds. The molecule has 0 spiro atoms. The molecule has 78 valence electrons. The quantitative estimate of drug-likeness (QED) is 0.663. The van der Waals surface area contributed by atoms with Crippen LogP contribution >= 0.6 is 23.2 Å². The standard InChI is InChI=1S/C7H8Cl2N2O2S/c1-5-2-3-10-7(9)6(5)11-14(12,13)4-8/h2-3,11H,4H2,1H3. The van der Waals surface area contributed by atoms with Crippen molar-refractivity contribution in [2.45, 2.75) is 6.92 Å². The maximum absolute atomic E-state index is 11.1. The fourth-order valence-corrected chi connectivity index (χ4v) is 1.93. The highest BCUT2D eigenvalue weighted by molar-refractivity contribution is 7.93. The summed E-state index contributed by atoms with van der Waals surface area (Å²) in [6.07, 6.45) is 1.50. The smallest absolute Gasteiger partial charge is 0.246 e. The third-order valence-electron chi connectivity index (χ3n) is 1.51. The summed E-state index contributed by atoms with van der Waals surface area (Å²) >= 11 is 10.9. The van der Waals surface area contributed by atoms with E-state index in [9.17, 15) is 8.42 Å². The van der Waals surface area contributed by atoms with Gasteiger partial charge in [-0.05, 0) is 18.6 Å². The first-order valence-corrected chi connectivity index (χ1v) is 6.20. The van der Waals surface area contributed by atoms with E-state index in [1.165, 1.54) is 6.20 Å². The number of rotatable bonds is 3. The van der Waals surface area contributed by atoms with Crippen molar-refractivity contribution in [3.8, 4) is 0 Å². The summed E-state index contributed by atoms with van der Waals surface area (Å²) in [5.41, 5.74) is 0.966. The number of aryl methyl sites for hydroxylation is 1. The lowest BCUT2D eigenvalue weighted by atomic mass is 10.3. The zero-order valence-electron chi connectivity index (χ0n) is 7.29. The molecule has 0 bridgehead atoms. The van der Waals surface area contributed by atoms with Crippen LogP contribution in [0.3, 0.4) is 0 Å². The fourth-order valence-electron chi connectivity index (χ4n) is 0.830. The van der Waals surface area contributed by atoms with Crippen LogP contribution in [0.5, 0.6) is 0 Å². The highest BCUT2D eigenvalue weighted by Gasteiger charge is 2.12. The first-order valence-electron chi connectivity index (χ1n) is 3.64. The van der Waals surface area contributed by atoms with Crippen molar-refractivity contribution in [3.05, 3.63) is 23.0 Å². The van der Waals surface area contributed by atoms with Crippen molar-refractivity contribution in [2.75, 3.05) is 9.93 Å². The lowest BCUT2D eigenvalue weighted by Crippen LogP contribution is -2.14. The van der Waals surface area contributed by atoms with Crippen molar-refractivity contribution in [1.82, 2.24) is 4.98 Å². The van der Waals surface area contributed by atoms with Gasteiger partial charge in [-0.15, -0.1) is 11.6 Å². The Hall–Kier alpha value is -0.520. The minimum atomic E-state index is -3.53. The monoisotopic (exact) mass is 254 g/mol. The molecule has 1 rings (SSSR count). The van der Waals surface area contributed by atoms with Gasteiger partial charge in [0.05, 0.1) is 5.69 Å². The van der Waals surface area contributed by atoms with Crippen molar-refractivity contribution in [2.24, 2.45) is 0 Å². The predicted molar refractivity (Wildman–Crippen MR) is 57.2 cm³/mol. The second kappa shape index (κ2) is 4.33. The summed E-state index contributed by atoms with van der Waals surface area (Å²) in [5.74, 6) is 0. The molecule has 0 aliphatic heterocycles. The van der Waals surface area contributed by atoms with E-state index >= 15 is 0 Å². The molecular weight excluding hydrogens is 247 g/mol. The van der Waals surface area contributed by atoms with Gasteiger partial charge in [-0.2, -0.15) is 0 Å². The second-order valence-corrected chi connectivity index (χ2v) is 5.28. The van der Waals surface area contributed by atoms with Gasteiger partial charge in [-0.25, -0.2) is 13.4 Å². The van der Waals surface area contributed by atoms with Gasteiger partial charge in [-0.1, -0.05) is 11.6 Å². The first kappa shape index (κ1) is 11.6. The summed E-state index contributed by atoms with van der Waals surface area (Å²) < 4.78 is 24.5. The molecule has 1 heterocycles. The highest BCUT2D eigenvalue weighted by atomic mass is 35.5. The fraction of sp³-hybridized carbons (Fsp3) is 0.286. The molecule has 0 saturated carbocycles. The summed E-state index contributed by atoms with van der Waals surface area (Å²) in [5, 5.41) is -0.406. The Labute approximate surface area is 92.3 Å². The van der Waals surface area contributed by atoms with E-state index in [4.69, 9.17) is 23.2 Å². The number of anilines is 1. The SMILES string of the molecule is Cc1ccnc(Cl)c1NS(=O)(=O)CCl. The molecule has 0 aliphatic carbocycles. The predicted octanol–water partition coefficient (Wildman–Crippen LogP) is 1.98. The van der Waals surface area contributed by atoms with Crippen LogP contribution in [0, 0.1) is 6.92 Å². The van der Waals surface area contributed by atoms with Gasteiger partial charge in [0.25, 0.3) is 0 Å². The normalized spacial score (nSPS) is 11.4. The van der Waals surface area contributed by atoms with Crippen LogP contribution < -0.4 is 4.72 Å². The number of sulfonamides is 1. The maximum atomic E-state index is 11.1. The number of pyridine rings is 1. The number of nitrogens with zero attached hydrogens (tertiary/aromatic N) is 1. The van der Waals surface area contributed by atoms with E-state index in [1.807, 2.05) is 0 Å². The number of aromatic nitrogens is 1. The third-order valence-corrected chi connectivity index (χ3v) is 3.47. The highest BCUT2D eigenvalue weighted by Crippen LogP contribution is 2.23. The molecule has 0 atom stereocenters. The van der Waals surface area contributed by atoms with Crippen LogP contribution in [-0.4, -0.2) is 18.6 Å². The molecule has 0 aromatic carbocycles. The molecule has 1 N–H and O–H groups in total. The molecule has 0 fully saturated rings. The van der Waals surface area contributed by atoms with Gasteiger partial charge in [0.2, 0.25) is 10.0 Å². The van der Waals surface area contributed by atoms with Crippen LogP contribution in [-0.2, 0) is 10.0 Å². The Morgan fingerprint density at radius 2 is 2.21 bits per heavy atom. The summed E-state index contributed by atoms with van der Waals surface area (Å²) in [6, 6.07) is 1.65. The van der Waals surface area contributed by atoms with Gasteiger partial charge in [0, 0.05) is 6.20 Å². The van der Waals surface area contributed by atoms with Crippen LogP contribution in [0.2, 0.25) is 5.15 Å². The lowest BCUT2D eigenvalue weighted by molar-refractivity contribution is 0.605. The number of hydrogen-bond donors (Lipinski definition) is 1. The summed E-state index contributed by atoms with van der Waals surface area (Å²) in [6.45, 7) is 1.72. The van der Waals surface area contributed by atoms with Crippen molar-refractivity contribution >= 4 is 38.9 Å². The van der Waals surface area contributed by atoms with Gasteiger partial charge in [0.1, 0.15) is 5.21 Å². The number of halogens is 2. The lowest BCUT2D eigenvalue weighted by Gasteiger charge is -2.08. The van der Waals surface area contributed by atoms with Crippen LogP contribution in [0.1, 0.15) is 5.56 Å². The summed E-state index contributed by atoms with van der Waals surface area (Å²) in [4.78, 5) is 3.75. The van der Waals surface area contributed by atoms with Gasteiger partial charge >= 0.3 is 0 Å². The van der Waals surface area contributed by atoms with Crippen molar-refractivity contribution in [1.29, 1.82) is 0 Å². The maximum Gasteiger partial charge on any atom is 0.246 e. The zero-order chi connectivity index (χ0) is 10.8. The number of nitrogens with one attached hydrogen (secondary N) is 1. The Morgan fingerprint density at radius 3 is 2.71 bits per heavy atom. The number of alkyl halides is 1. The topological polar surface area (TPSA) is 59.1 Å².